The first kappa shape index (κ1) is 15.9. The van der Waals surface area contributed by atoms with E-state index in [-0.39, 0.29) is 11.4 Å². The number of aliphatic carboxylic acids is 2. The summed E-state index contributed by atoms with van der Waals surface area (Å²) in [6.07, 6.45) is -0.742. The largest absolute Gasteiger partial charge is 0.481 e. The van der Waals surface area contributed by atoms with Crippen LogP contribution in [-0.2, 0) is 9.59 Å². The second-order valence-electron chi connectivity index (χ2n) is 3.92. The molecule has 1 rings (SSSR count). The zero-order valence-electron chi connectivity index (χ0n) is 10.1. The Morgan fingerprint density at radius 3 is 2.50 bits per heavy atom. The maximum absolute atomic E-state index is 13.4. The molecule has 0 spiro atoms. The fraction of sp³-hybridized carbons (Fsp3) is 0.250. The van der Waals surface area contributed by atoms with Gasteiger partial charge < -0.3 is 15.5 Å². The van der Waals surface area contributed by atoms with Crippen LogP contribution in [0.3, 0.4) is 0 Å². The highest BCUT2D eigenvalue weighted by molar-refractivity contribution is 6.31. The van der Waals surface area contributed by atoms with Gasteiger partial charge in [0, 0.05) is 11.4 Å². The number of carboxylic acid groups (broad SMARTS) is 2. The molecule has 6 nitrogen and oxygen atoms in total. The van der Waals surface area contributed by atoms with Gasteiger partial charge in [0.1, 0.15) is 11.9 Å². The highest BCUT2D eigenvalue weighted by Crippen LogP contribution is 2.15. The molecule has 0 radical (unpaired) electrons. The Bertz CT molecular complexity index is 549. The molecule has 0 aliphatic rings. The first-order valence-corrected chi connectivity index (χ1v) is 5.89. The first-order chi connectivity index (χ1) is 9.31. The molecule has 0 bridgehead atoms. The summed E-state index contributed by atoms with van der Waals surface area (Å²) in [5.74, 6) is -4.42. The maximum Gasteiger partial charge on any atom is 0.326 e. The van der Waals surface area contributed by atoms with E-state index < -0.39 is 41.7 Å². The molecule has 0 aliphatic heterocycles. The molecular formula is C12H11ClFNO5. The number of hydrogen-bond acceptors (Lipinski definition) is 3. The molecule has 8 heteroatoms. The van der Waals surface area contributed by atoms with Crippen LogP contribution in [0.4, 0.5) is 4.39 Å². The standard InChI is InChI=1S/C12H11ClFNO5/c13-6-1-2-8(14)7(5-6)11(18)15-9(12(19)20)3-4-10(16)17/h1-2,5,9H,3-4H2,(H,15,18)(H,16,17)(H,19,20)/t9-/m0/s1. The van der Waals surface area contributed by atoms with E-state index in [1.807, 2.05) is 0 Å². The number of carbonyl (C=O) groups excluding carboxylic acids is 1. The Hall–Kier alpha value is -2.15. The van der Waals surface area contributed by atoms with Crippen molar-refractivity contribution in [2.24, 2.45) is 0 Å². The topological polar surface area (TPSA) is 104 Å². The molecule has 1 aromatic rings. The minimum absolute atomic E-state index is 0.119. The maximum atomic E-state index is 13.4. The average molecular weight is 304 g/mol. The van der Waals surface area contributed by atoms with Crippen LogP contribution in [0.1, 0.15) is 23.2 Å². The van der Waals surface area contributed by atoms with Crippen LogP contribution in [0.25, 0.3) is 0 Å². The van der Waals surface area contributed by atoms with E-state index >= 15 is 0 Å². The molecular weight excluding hydrogens is 293 g/mol. The van der Waals surface area contributed by atoms with Gasteiger partial charge >= 0.3 is 11.9 Å². The van der Waals surface area contributed by atoms with Gasteiger partial charge in [0.05, 0.1) is 5.56 Å². The molecule has 0 unspecified atom stereocenters. The van der Waals surface area contributed by atoms with Gasteiger partial charge in [-0.2, -0.15) is 0 Å². The lowest BCUT2D eigenvalue weighted by molar-refractivity contribution is -0.140. The van der Waals surface area contributed by atoms with Gasteiger partial charge in [0.2, 0.25) is 0 Å². The molecule has 0 fully saturated rings. The van der Waals surface area contributed by atoms with Crippen molar-refractivity contribution in [3.63, 3.8) is 0 Å². The number of hydrogen-bond donors (Lipinski definition) is 3. The number of halogens is 2. The van der Waals surface area contributed by atoms with Gasteiger partial charge in [0.25, 0.3) is 5.91 Å². The third kappa shape index (κ3) is 4.51. The van der Waals surface area contributed by atoms with Crippen LogP contribution in [0, 0.1) is 5.82 Å². The summed E-state index contributed by atoms with van der Waals surface area (Å²) in [5, 5.41) is 19.5. The van der Waals surface area contributed by atoms with Gasteiger partial charge in [-0.1, -0.05) is 11.6 Å². The van der Waals surface area contributed by atoms with Crippen molar-refractivity contribution in [2.75, 3.05) is 0 Å². The third-order valence-corrected chi connectivity index (χ3v) is 2.66. The van der Waals surface area contributed by atoms with Crippen LogP contribution >= 0.6 is 11.6 Å². The zero-order chi connectivity index (χ0) is 15.3. The lowest BCUT2D eigenvalue weighted by Crippen LogP contribution is -2.41. The number of carbonyl (C=O) groups is 3. The van der Waals surface area contributed by atoms with E-state index in [1.165, 1.54) is 6.07 Å². The molecule has 0 aliphatic carbocycles. The van der Waals surface area contributed by atoms with E-state index in [0.717, 1.165) is 12.1 Å². The number of nitrogens with one attached hydrogen (secondary N) is 1. The summed E-state index contributed by atoms with van der Waals surface area (Å²) in [6, 6.07) is 1.86. The lowest BCUT2D eigenvalue weighted by Gasteiger charge is -2.14. The molecule has 108 valence electrons. The Morgan fingerprint density at radius 2 is 1.95 bits per heavy atom. The minimum Gasteiger partial charge on any atom is -0.481 e. The second-order valence-corrected chi connectivity index (χ2v) is 4.36. The molecule has 1 amide bonds. The van der Waals surface area contributed by atoms with Gasteiger partial charge in [-0.15, -0.1) is 0 Å². The van der Waals surface area contributed by atoms with Crippen molar-refractivity contribution < 1.29 is 29.0 Å². The van der Waals surface area contributed by atoms with E-state index in [4.69, 9.17) is 21.8 Å². The molecule has 0 heterocycles. The zero-order valence-corrected chi connectivity index (χ0v) is 10.9. The molecule has 0 saturated heterocycles. The predicted octanol–water partition coefficient (Wildman–Crippen LogP) is 1.53. The van der Waals surface area contributed by atoms with Crippen LogP contribution in [0.2, 0.25) is 5.02 Å². The van der Waals surface area contributed by atoms with Crippen LogP contribution in [0.15, 0.2) is 18.2 Å². The predicted molar refractivity (Wildman–Crippen MR) is 67.2 cm³/mol. The average Bonchev–Trinajstić information content (AvgIpc) is 2.36. The highest BCUT2D eigenvalue weighted by Gasteiger charge is 2.23. The Balaban J connectivity index is 2.82. The summed E-state index contributed by atoms with van der Waals surface area (Å²) in [4.78, 5) is 33.1. The Morgan fingerprint density at radius 1 is 1.30 bits per heavy atom. The molecule has 20 heavy (non-hydrogen) atoms. The van der Waals surface area contributed by atoms with Crippen molar-refractivity contribution in [1.82, 2.24) is 5.32 Å². The fourth-order valence-electron chi connectivity index (χ4n) is 1.43. The van der Waals surface area contributed by atoms with Gasteiger partial charge in [-0.05, 0) is 24.6 Å². The molecule has 1 aromatic carbocycles. The van der Waals surface area contributed by atoms with Crippen LogP contribution in [-0.4, -0.2) is 34.1 Å². The lowest BCUT2D eigenvalue weighted by atomic mass is 10.1. The Kier molecular flexibility index (Phi) is 5.45. The molecule has 3 N–H and O–H groups in total. The van der Waals surface area contributed by atoms with Crippen LogP contribution in [0.5, 0.6) is 0 Å². The minimum atomic E-state index is -1.42. The van der Waals surface area contributed by atoms with Crippen LogP contribution < -0.4 is 5.32 Å². The normalized spacial score (nSPS) is 11.7. The second kappa shape index (κ2) is 6.85. The van der Waals surface area contributed by atoms with Crippen molar-refractivity contribution in [3.8, 4) is 0 Å². The number of benzene rings is 1. The summed E-state index contributed by atoms with van der Waals surface area (Å²) >= 11 is 5.62. The van der Waals surface area contributed by atoms with Crippen molar-refractivity contribution in [3.05, 3.63) is 34.6 Å². The third-order valence-electron chi connectivity index (χ3n) is 2.42. The van der Waals surface area contributed by atoms with E-state index in [0.29, 0.717) is 0 Å². The van der Waals surface area contributed by atoms with Crippen molar-refractivity contribution >= 4 is 29.4 Å². The van der Waals surface area contributed by atoms with Crippen molar-refractivity contribution in [2.45, 2.75) is 18.9 Å². The van der Waals surface area contributed by atoms with E-state index in [1.54, 1.807) is 0 Å². The van der Waals surface area contributed by atoms with E-state index in [9.17, 15) is 18.8 Å². The summed E-state index contributed by atoms with van der Waals surface area (Å²) in [6.45, 7) is 0. The highest BCUT2D eigenvalue weighted by atomic mass is 35.5. The quantitative estimate of drug-likeness (QED) is 0.739. The van der Waals surface area contributed by atoms with Crippen molar-refractivity contribution in [1.29, 1.82) is 0 Å². The first-order valence-electron chi connectivity index (χ1n) is 5.51. The molecule has 1 atom stereocenters. The molecule has 0 aromatic heterocycles. The fourth-order valence-corrected chi connectivity index (χ4v) is 1.60. The number of carboxylic acids is 2. The Labute approximate surface area is 118 Å². The number of amides is 1. The molecule has 0 saturated carbocycles. The number of rotatable bonds is 6. The van der Waals surface area contributed by atoms with E-state index in [2.05, 4.69) is 5.32 Å². The summed E-state index contributed by atoms with van der Waals surface area (Å²) < 4.78 is 13.4. The van der Waals surface area contributed by atoms with Gasteiger partial charge in [0.15, 0.2) is 0 Å². The monoisotopic (exact) mass is 303 g/mol. The summed E-state index contributed by atoms with van der Waals surface area (Å²) in [7, 11) is 0. The summed E-state index contributed by atoms with van der Waals surface area (Å²) in [5.41, 5.74) is -0.404. The van der Waals surface area contributed by atoms with Gasteiger partial charge in [-0.3, -0.25) is 9.59 Å². The smallest absolute Gasteiger partial charge is 0.326 e. The van der Waals surface area contributed by atoms with Gasteiger partial charge in [-0.25, -0.2) is 9.18 Å². The SMILES string of the molecule is O=C(O)CC[C@H](NC(=O)c1cc(Cl)ccc1F)C(=O)O.